The molecule has 19 heavy (non-hydrogen) atoms. The molecule has 0 aliphatic carbocycles. The summed E-state index contributed by atoms with van der Waals surface area (Å²) in [6, 6.07) is 4.15. The molecule has 1 atom stereocenters. The fourth-order valence-corrected chi connectivity index (χ4v) is 2.35. The Balaban J connectivity index is 1.82. The molecule has 0 aromatic carbocycles. The molecule has 0 radical (unpaired) electrons. The third-order valence-corrected chi connectivity index (χ3v) is 3.45. The Labute approximate surface area is 114 Å². The van der Waals surface area contributed by atoms with Crippen LogP contribution >= 0.6 is 0 Å². The van der Waals surface area contributed by atoms with Crippen LogP contribution in [-0.2, 0) is 11.3 Å². The van der Waals surface area contributed by atoms with Gasteiger partial charge in [-0.1, -0.05) is 6.07 Å². The maximum absolute atomic E-state index is 12.2. The molecule has 0 spiro atoms. The van der Waals surface area contributed by atoms with Gasteiger partial charge in [-0.2, -0.15) is 0 Å². The van der Waals surface area contributed by atoms with Crippen LogP contribution in [0, 0.1) is 0 Å². The summed E-state index contributed by atoms with van der Waals surface area (Å²) in [5.41, 5.74) is 1.06. The second kappa shape index (κ2) is 6.63. The van der Waals surface area contributed by atoms with Gasteiger partial charge in [-0.3, -0.25) is 9.78 Å². The normalized spacial score (nSPS) is 20.2. The Morgan fingerprint density at radius 3 is 3.16 bits per heavy atom. The van der Waals surface area contributed by atoms with Gasteiger partial charge in [0.1, 0.15) is 0 Å². The lowest BCUT2D eigenvalue weighted by molar-refractivity contribution is -0.131. The average Bonchev–Trinajstić information content (AvgIpc) is 2.40. The van der Waals surface area contributed by atoms with Gasteiger partial charge >= 0.3 is 0 Å². The number of nitrogens with zero attached hydrogens (tertiary/aromatic N) is 3. The summed E-state index contributed by atoms with van der Waals surface area (Å²) >= 11 is 0. The molecular weight excluding hydrogens is 240 g/mol. The van der Waals surface area contributed by atoms with E-state index in [1.165, 1.54) is 0 Å². The lowest BCUT2D eigenvalue weighted by Crippen LogP contribution is -2.50. The highest BCUT2D eigenvalue weighted by Crippen LogP contribution is 2.06. The van der Waals surface area contributed by atoms with Crippen LogP contribution in [0.4, 0.5) is 0 Å². The van der Waals surface area contributed by atoms with Crippen LogP contribution < -0.4 is 5.32 Å². The maximum Gasteiger partial charge on any atom is 0.224 e. The highest BCUT2D eigenvalue weighted by atomic mass is 16.2. The van der Waals surface area contributed by atoms with E-state index in [0.717, 1.165) is 25.2 Å². The van der Waals surface area contributed by atoms with E-state index in [2.05, 4.69) is 22.2 Å². The lowest BCUT2D eigenvalue weighted by Gasteiger charge is -2.31. The molecule has 1 N–H and O–H groups in total. The number of nitrogens with one attached hydrogen (secondary N) is 1. The van der Waals surface area contributed by atoms with E-state index >= 15 is 0 Å². The Kier molecular flexibility index (Phi) is 4.87. The van der Waals surface area contributed by atoms with Crippen molar-refractivity contribution in [3.05, 3.63) is 30.1 Å². The molecule has 0 bridgehead atoms. The fourth-order valence-electron chi connectivity index (χ4n) is 2.35. The van der Waals surface area contributed by atoms with Gasteiger partial charge in [-0.15, -0.1) is 0 Å². The second-order valence-corrected chi connectivity index (χ2v) is 5.23. The van der Waals surface area contributed by atoms with Crippen molar-refractivity contribution in [2.45, 2.75) is 19.0 Å². The van der Waals surface area contributed by atoms with Gasteiger partial charge in [-0.25, -0.2) is 0 Å². The Hall–Kier alpha value is -1.46. The predicted molar refractivity (Wildman–Crippen MR) is 74.6 cm³/mol. The SMILES string of the molecule is CN1CCNC(CC(=O)N(C)Cc2cccnc2)C1. The Bertz CT molecular complexity index is 409. The zero-order chi connectivity index (χ0) is 13.7. The summed E-state index contributed by atoms with van der Waals surface area (Å²) in [4.78, 5) is 20.3. The van der Waals surface area contributed by atoms with E-state index < -0.39 is 0 Å². The lowest BCUT2D eigenvalue weighted by atomic mass is 10.1. The van der Waals surface area contributed by atoms with Crippen LogP contribution in [-0.4, -0.2) is 60.5 Å². The zero-order valence-electron chi connectivity index (χ0n) is 11.7. The molecule has 5 heteroatoms. The molecule has 1 aliphatic heterocycles. The second-order valence-electron chi connectivity index (χ2n) is 5.23. The molecule has 1 aromatic rings. The molecule has 2 heterocycles. The van der Waals surface area contributed by atoms with Crippen molar-refractivity contribution in [2.24, 2.45) is 0 Å². The smallest absolute Gasteiger partial charge is 0.224 e. The topological polar surface area (TPSA) is 48.5 Å². The molecular formula is C14H22N4O. The van der Waals surface area contributed by atoms with Crippen molar-refractivity contribution in [1.82, 2.24) is 20.1 Å². The van der Waals surface area contributed by atoms with Crippen molar-refractivity contribution < 1.29 is 4.79 Å². The molecule has 1 amide bonds. The van der Waals surface area contributed by atoms with E-state index in [4.69, 9.17) is 0 Å². The van der Waals surface area contributed by atoms with Gasteiger partial charge in [0.05, 0.1) is 0 Å². The Morgan fingerprint density at radius 1 is 1.63 bits per heavy atom. The highest BCUT2D eigenvalue weighted by molar-refractivity contribution is 5.76. The quantitative estimate of drug-likeness (QED) is 0.850. The highest BCUT2D eigenvalue weighted by Gasteiger charge is 2.21. The molecule has 5 nitrogen and oxygen atoms in total. The molecule has 1 fully saturated rings. The number of carbonyl (C=O) groups is 1. The molecule has 1 aliphatic rings. The number of hydrogen-bond donors (Lipinski definition) is 1. The molecule has 1 unspecified atom stereocenters. The van der Waals surface area contributed by atoms with E-state index in [9.17, 15) is 4.79 Å². The first-order valence-corrected chi connectivity index (χ1v) is 6.70. The summed E-state index contributed by atoms with van der Waals surface area (Å²) < 4.78 is 0. The standard InChI is InChI=1S/C14H22N4O/c1-17-7-6-16-13(11-17)8-14(19)18(2)10-12-4-3-5-15-9-12/h3-5,9,13,16H,6-8,10-11H2,1-2H3. The molecule has 0 saturated carbocycles. The number of rotatable bonds is 4. The van der Waals surface area contributed by atoms with Crippen LogP contribution in [0.5, 0.6) is 0 Å². The fraction of sp³-hybridized carbons (Fsp3) is 0.571. The first kappa shape index (κ1) is 14.0. The number of pyridine rings is 1. The number of hydrogen-bond acceptors (Lipinski definition) is 4. The minimum Gasteiger partial charge on any atom is -0.341 e. The van der Waals surface area contributed by atoms with Gasteiger partial charge in [0.2, 0.25) is 5.91 Å². The third-order valence-electron chi connectivity index (χ3n) is 3.45. The maximum atomic E-state index is 12.2. The van der Waals surface area contributed by atoms with Crippen LogP contribution in [0.3, 0.4) is 0 Å². The summed E-state index contributed by atoms with van der Waals surface area (Å²) in [5.74, 6) is 0.177. The number of piperazine rings is 1. The minimum absolute atomic E-state index is 0.177. The minimum atomic E-state index is 0.177. The molecule has 2 rings (SSSR count). The Morgan fingerprint density at radius 2 is 2.47 bits per heavy atom. The van der Waals surface area contributed by atoms with Gasteiger partial charge in [0, 0.05) is 58.1 Å². The number of aromatic nitrogens is 1. The summed E-state index contributed by atoms with van der Waals surface area (Å²) in [6.45, 7) is 3.57. The van der Waals surface area contributed by atoms with Crippen molar-refractivity contribution in [3.8, 4) is 0 Å². The summed E-state index contributed by atoms with van der Waals surface area (Å²) in [5, 5.41) is 3.40. The molecule has 104 valence electrons. The summed E-state index contributed by atoms with van der Waals surface area (Å²) in [7, 11) is 3.94. The van der Waals surface area contributed by atoms with Crippen LogP contribution in [0.15, 0.2) is 24.5 Å². The van der Waals surface area contributed by atoms with E-state index in [0.29, 0.717) is 13.0 Å². The molecule has 1 saturated heterocycles. The first-order chi connectivity index (χ1) is 9.15. The number of carbonyl (C=O) groups excluding carboxylic acids is 1. The zero-order valence-corrected chi connectivity index (χ0v) is 11.7. The average molecular weight is 262 g/mol. The largest absolute Gasteiger partial charge is 0.341 e. The van der Waals surface area contributed by atoms with Gasteiger partial charge in [-0.05, 0) is 18.7 Å². The van der Waals surface area contributed by atoms with Crippen molar-refractivity contribution >= 4 is 5.91 Å². The van der Waals surface area contributed by atoms with Crippen molar-refractivity contribution in [3.63, 3.8) is 0 Å². The van der Waals surface area contributed by atoms with Crippen LogP contribution in [0.1, 0.15) is 12.0 Å². The van der Waals surface area contributed by atoms with E-state index in [1.807, 2.05) is 19.2 Å². The predicted octanol–water partition coefficient (Wildman–Crippen LogP) is 0.334. The first-order valence-electron chi connectivity index (χ1n) is 6.70. The van der Waals surface area contributed by atoms with Crippen molar-refractivity contribution in [2.75, 3.05) is 33.7 Å². The van der Waals surface area contributed by atoms with Crippen LogP contribution in [0.2, 0.25) is 0 Å². The van der Waals surface area contributed by atoms with E-state index in [1.54, 1.807) is 17.3 Å². The third kappa shape index (κ3) is 4.29. The van der Waals surface area contributed by atoms with Gasteiger partial charge in [0.15, 0.2) is 0 Å². The molecule has 1 aromatic heterocycles. The summed E-state index contributed by atoms with van der Waals surface area (Å²) in [6.07, 6.45) is 4.10. The monoisotopic (exact) mass is 262 g/mol. The van der Waals surface area contributed by atoms with Gasteiger partial charge in [0.25, 0.3) is 0 Å². The van der Waals surface area contributed by atoms with Crippen LogP contribution in [0.25, 0.3) is 0 Å². The number of likely N-dealkylation sites (N-methyl/N-ethyl adjacent to an activating group) is 1. The van der Waals surface area contributed by atoms with E-state index in [-0.39, 0.29) is 11.9 Å². The van der Waals surface area contributed by atoms with Gasteiger partial charge < -0.3 is 15.1 Å². The number of amides is 1. The van der Waals surface area contributed by atoms with Crippen molar-refractivity contribution in [1.29, 1.82) is 0 Å².